The first kappa shape index (κ1) is 16.5. The normalized spacial score (nSPS) is 16.0. The molecule has 2 rings (SSSR count). The van der Waals surface area contributed by atoms with Gasteiger partial charge in [-0.25, -0.2) is 13.1 Å². The second kappa shape index (κ2) is 6.89. The highest BCUT2D eigenvalue weighted by atomic mass is 79.9. The van der Waals surface area contributed by atoms with E-state index in [4.69, 9.17) is 0 Å². The van der Waals surface area contributed by atoms with Gasteiger partial charge in [-0.3, -0.25) is 4.79 Å². The highest BCUT2D eigenvalue weighted by molar-refractivity contribution is 9.10. The van der Waals surface area contributed by atoms with Crippen LogP contribution >= 0.6 is 15.9 Å². The summed E-state index contributed by atoms with van der Waals surface area (Å²) < 4.78 is 27.6. The average molecular weight is 375 g/mol. The van der Waals surface area contributed by atoms with E-state index in [0.29, 0.717) is 0 Å². The van der Waals surface area contributed by atoms with E-state index in [-0.39, 0.29) is 17.3 Å². The molecule has 116 valence electrons. The van der Waals surface area contributed by atoms with Gasteiger partial charge in [0.25, 0.3) is 0 Å². The number of sulfonamides is 1. The van der Waals surface area contributed by atoms with Gasteiger partial charge in [0.2, 0.25) is 15.9 Å². The molecule has 1 aliphatic rings. The number of aryl methyl sites for hydroxylation is 1. The number of carbonyl (C=O) groups is 1. The van der Waals surface area contributed by atoms with E-state index in [9.17, 15) is 13.2 Å². The topological polar surface area (TPSA) is 66.5 Å². The van der Waals surface area contributed by atoms with Crippen LogP contribution < -0.4 is 4.72 Å². The lowest BCUT2D eigenvalue weighted by molar-refractivity contribution is -0.130. The number of halogens is 1. The molecule has 1 aliphatic heterocycles. The monoisotopic (exact) mass is 374 g/mol. The van der Waals surface area contributed by atoms with Crippen LogP contribution in [0.5, 0.6) is 0 Å². The molecule has 0 atom stereocenters. The molecule has 7 heteroatoms. The largest absolute Gasteiger partial charge is 0.342 e. The van der Waals surface area contributed by atoms with Gasteiger partial charge in [-0.05, 0) is 49.9 Å². The van der Waals surface area contributed by atoms with Gasteiger partial charge in [0.15, 0.2) is 0 Å². The third-order valence-corrected chi connectivity index (χ3v) is 5.85. The molecule has 0 bridgehead atoms. The molecule has 1 aromatic rings. The van der Waals surface area contributed by atoms with E-state index < -0.39 is 10.0 Å². The maximum Gasteiger partial charge on any atom is 0.241 e. The molecular weight excluding hydrogens is 356 g/mol. The predicted octanol–water partition coefficient (Wildman–Crippen LogP) is 2.05. The number of piperidine rings is 1. The van der Waals surface area contributed by atoms with Gasteiger partial charge in [-0.15, -0.1) is 0 Å². The van der Waals surface area contributed by atoms with E-state index >= 15 is 0 Å². The van der Waals surface area contributed by atoms with Crippen molar-refractivity contribution in [2.24, 2.45) is 0 Å². The highest BCUT2D eigenvalue weighted by Crippen LogP contribution is 2.19. The van der Waals surface area contributed by atoms with E-state index in [1.165, 1.54) is 6.07 Å². The van der Waals surface area contributed by atoms with E-state index in [1.807, 2.05) is 6.92 Å². The van der Waals surface area contributed by atoms with Gasteiger partial charge in [0.1, 0.15) is 0 Å². The van der Waals surface area contributed by atoms with Crippen molar-refractivity contribution in [3.63, 3.8) is 0 Å². The number of benzene rings is 1. The van der Waals surface area contributed by atoms with Gasteiger partial charge >= 0.3 is 0 Å². The van der Waals surface area contributed by atoms with Crippen molar-refractivity contribution in [3.05, 3.63) is 28.2 Å². The van der Waals surface area contributed by atoms with E-state index in [1.54, 1.807) is 17.0 Å². The van der Waals surface area contributed by atoms with Crippen LogP contribution in [0, 0.1) is 6.92 Å². The molecule has 0 spiro atoms. The fourth-order valence-corrected chi connectivity index (χ4v) is 3.59. The van der Waals surface area contributed by atoms with Gasteiger partial charge in [0, 0.05) is 17.6 Å². The Hall–Kier alpha value is -0.920. The summed E-state index contributed by atoms with van der Waals surface area (Å²) in [6, 6.07) is 4.79. The Morgan fingerprint density at radius 2 is 1.95 bits per heavy atom. The number of nitrogens with one attached hydrogen (secondary N) is 1. The third kappa shape index (κ3) is 4.28. The molecule has 0 aromatic heterocycles. The molecule has 1 fully saturated rings. The van der Waals surface area contributed by atoms with Crippen LogP contribution in [-0.4, -0.2) is 38.9 Å². The highest BCUT2D eigenvalue weighted by Gasteiger charge is 2.20. The number of nitrogens with zero attached hydrogens (tertiary/aromatic N) is 1. The molecule has 21 heavy (non-hydrogen) atoms. The van der Waals surface area contributed by atoms with Crippen molar-refractivity contribution in [2.75, 3.05) is 19.6 Å². The Morgan fingerprint density at radius 3 is 2.57 bits per heavy atom. The first-order chi connectivity index (χ1) is 9.90. The first-order valence-electron chi connectivity index (χ1n) is 6.94. The first-order valence-corrected chi connectivity index (χ1v) is 9.21. The molecule has 1 heterocycles. The minimum atomic E-state index is -3.65. The molecule has 1 amide bonds. The molecule has 1 aromatic carbocycles. The zero-order valence-electron chi connectivity index (χ0n) is 11.9. The van der Waals surface area contributed by atoms with Crippen molar-refractivity contribution >= 4 is 31.9 Å². The van der Waals surface area contributed by atoms with Crippen molar-refractivity contribution in [2.45, 2.75) is 31.1 Å². The van der Waals surface area contributed by atoms with Crippen LogP contribution in [0.1, 0.15) is 24.8 Å². The van der Waals surface area contributed by atoms with Crippen LogP contribution in [0.15, 0.2) is 27.6 Å². The summed E-state index contributed by atoms with van der Waals surface area (Å²) in [6.07, 6.45) is 3.11. The molecule has 0 saturated carbocycles. The van der Waals surface area contributed by atoms with E-state index in [2.05, 4.69) is 20.7 Å². The molecule has 1 saturated heterocycles. The van der Waals surface area contributed by atoms with Gasteiger partial charge < -0.3 is 4.90 Å². The van der Waals surface area contributed by atoms with Crippen LogP contribution in [0.2, 0.25) is 0 Å². The second-order valence-electron chi connectivity index (χ2n) is 5.18. The summed E-state index contributed by atoms with van der Waals surface area (Å²) in [5, 5.41) is 0. The SMILES string of the molecule is Cc1cc(S(=O)(=O)NCC(=O)N2CCCCC2)ccc1Br. The summed E-state index contributed by atoms with van der Waals surface area (Å²) in [5.41, 5.74) is 0.834. The number of rotatable bonds is 4. The smallest absolute Gasteiger partial charge is 0.241 e. The fraction of sp³-hybridized carbons (Fsp3) is 0.500. The summed E-state index contributed by atoms with van der Waals surface area (Å²) in [4.78, 5) is 13.9. The lowest BCUT2D eigenvalue weighted by Gasteiger charge is -2.26. The Bertz CT molecular complexity index is 625. The van der Waals surface area contributed by atoms with E-state index in [0.717, 1.165) is 42.4 Å². The minimum Gasteiger partial charge on any atom is -0.342 e. The Labute approximate surface area is 133 Å². The zero-order chi connectivity index (χ0) is 15.5. The van der Waals surface area contributed by atoms with Gasteiger partial charge in [0.05, 0.1) is 11.4 Å². The van der Waals surface area contributed by atoms with Crippen molar-refractivity contribution in [1.29, 1.82) is 0 Å². The fourth-order valence-electron chi connectivity index (χ4n) is 2.28. The number of amides is 1. The van der Waals surface area contributed by atoms with Crippen molar-refractivity contribution in [3.8, 4) is 0 Å². The number of likely N-dealkylation sites (tertiary alicyclic amines) is 1. The second-order valence-corrected chi connectivity index (χ2v) is 7.80. The van der Waals surface area contributed by atoms with Crippen LogP contribution in [0.25, 0.3) is 0 Å². The lowest BCUT2D eigenvalue weighted by atomic mass is 10.1. The Balaban J connectivity index is 2.00. The average Bonchev–Trinajstić information content (AvgIpc) is 2.48. The van der Waals surface area contributed by atoms with Gasteiger partial charge in [-0.2, -0.15) is 0 Å². The standard InChI is InChI=1S/C14H19BrN2O3S/c1-11-9-12(5-6-13(11)15)21(19,20)16-10-14(18)17-7-3-2-4-8-17/h5-6,9,16H,2-4,7-8,10H2,1H3. The molecule has 0 aliphatic carbocycles. The van der Waals surface area contributed by atoms with Crippen molar-refractivity contribution < 1.29 is 13.2 Å². The maximum absolute atomic E-state index is 12.2. The van der Waals surface area contributed by atoms with Crippen LogP contribution in [-0.2, 0) is 14.8 Å². The molecule has 0 unspecified atom stereocenters. The molecular formula is C14H19BrN2O3S. The predicted molar refractivity (Wildman–Crippen MR) is 84.5 cm³/mol. The maximum atomic E-state index is 12.2. The van der Waals surface area contributed by atoms with Crippen LogP contribution in [0.4, 0.5) is 0 Å². The summed E-state index contributed by atoms with van der Waals surface area (Å²) in [5.74, 6) is -0.160. The molecule has 5 nitrogen and oxygen atoms in total. The number of carbonyl (C=O) groups excluding carboxylic acids is 1. The van der Waals surface area contributed by atoms with Crippen molar-refractivity contribution in [1.82, 2.24) is 9.62 Å². The summed E-state index contributed by atoms with van der Waals surface area (Å²) in [6.45, 7) is 3.08. The Morgan fingerprint density at radius 1 is 1.29 bits per heavy atom. The summed E-state index contributed by atoms with van der Waals surface area (Å²) >= 11 is 3.33. The third-order valence-electron chi connectivity index (χ3n) is 3.56. The number of hydrogen-bond acceptors (Lipinski definition) is 3. The van der Waals surface area contributed by atoms with Crippen LogP contribution in [0.3, 0.4) is 0 Å². The number of hydrogen-bond donors (Lipinski definition) is 1. The van der Waals surface area contributed by atoms with Gasteiger partial charge in [-0.1, -0.05) is 15.9 Å². The Kier molecular flexibility index (Phi) is 5.40. The minimum absolute atomic E-state index is 0.160. The molecule has 1 N–H and O–H groups in total. The lowest BCUT2D eigenvalue weighted by Crippen LogP contribution is -2.42. The summed E-state index contributed by atoms with van der Waals surface area (Å²) in [7, 11) is -3.65. The quantitative estimate of drug-likeness (QED) is 0.876. The zero-order valence-corrected chi connectivity index (χ0v) is 14.3. The molecule has 0 radical (unpaired) electrons.